The summed E-state index contributed by atoms with van der Waals surface area (Å²) in [5, 5.41) is 30.2. The topological polar surface area (TPSA) is 85.7 Å². The van der Waals surface area contributed by atoms with Crippen LogP contribution in [0.3, 0.4) is 0 Å². The van der Waals surface area contributed by atoms with E-state index in [4.69, 9.17) is 12.2 Å². The first-order chi connectivity index (χ1) is 14.7. The van der Waals surface area contributed by atoms with E-state index in [9.17, 15) is 5.26 Å². The summed E-state index contributed by atoms with van der Waals surface area (Å²) < 4.78 is 0. The van der Waals surface area contributed by atoms with Gasteiger partial charge >= 0.3 is 0 Å². The number of aromatic nitrogens is 2. The molecule has 0 unspecified atom stereocenters. The number of nitrogens with one attached hydrogen (secondary N) is 3. The van der Waals surface area contributed by atoms with Gasteiger partial charge in [-0.2, -0.15) is 5.26 Å². The number of nitriles is 1. The maximum atomic E-state index is 9.21. The van der Waals surface area contributed by atoms with E-state index in [0.717, 1.165) is 27.6 Å². The number of hydrogen-bond donors (Lipinski definition) is 3. The first kappa shape index (κ1) is 19.5. The van der Waals surface area contributed by atoms with Crippen LogP contribution < -0.4 is 16.0 Å². The molecular formula is C22H16N6S2. The fourth-order valence-corrected chi connectivity index (χ4v) is 3.71. The van der Waals surface area contributed by atoms with Crippen LogP contribution in [-0.2, 0) is 0 Å². The van der Waals surface area contributed by atoms with E-state index >= 15 is 0 Å². The van der Waals surface area contributed by atoms with Crippen molar-refractivity contribution in [3.63, 3.8) is 0 Å². The zero-order valence-electron chi connectivity index (χ0n) is 15.7. The van der Waals surface area contributed by atoms with Gasteiger partial charge in [0.2, 0.25) is 0 Å². The third-order valence-electron chi connectivity index (χ3n) is 4.18. The predicted octanol–water partition coefficient (Wildman–Crippen LogP) is 5.63. The Labute approximate surface area is 183 Å². The van der Waals surface area contributed by atoms with Gasteiger partial charge in [0, 0.05) is 5.56 Å². The Hall–Kier alpha value is -3.80. The van der Waals surface area contributed by atoms with E-state index in [-0.39, 0.29) is 0 Å². The van der Waals surface area contributed by atoms with Crippen molar-refractivity contribution >= 4 is 50.9 Å². The first-order valence-corrected chi connectivity index (χ1v) is 10.3. The van der Waals surface area contributed by atoms with Crippen LogP contribution >= 0.6 is 23.6 Å². The van der Waals surface area contributed by atoms with Gasteiger partial charge in [0.15, 0.2) is 10.9 Å². The highest BCUT2D eigenvalue weighted by Crippen LogP contribution is 2.30. The Bertz CT molecular complexity index is 1200. The van der Waals surface area contributed by atoms with Gasteiger partial charge in [-0.15, -0.1) is 21.5 Å². The van der Waals surface area contributed by atoms with Crippen molar-refractivity contribution in [1.82, 2.24) is 10.2 Å². The average molecular weight is 429 g/mol. The van der Waals surface area contributed by atoms with Crippen LogP contribution in [0.4, 0.5) is 22.2 Å². The minimum Gasteiger partial charge on any atom is -0.344 e. The summed E-state index contributed by atoms with van der Waals surface area (Å²) >= 11 is 6.90. The largest absolute Gasteiger partial charge is 0.344 e. The third-order valence-corrected chi connectivity index (χ3v) is 5.22. The van der Waals surface area contributed by atoms with E-state index < -0.39 is 0 Å². The Morgan fingerprint density at radius 1 is 0.867 bits per heavy atom. The van der Waals surface area contributed by atoms with Crippen LogP contribution in [-0.4, -0.2) is 15.3 Å². The number of hydrogen-bond acceptors (Lipinski definition) is 6. The molecule has 0 saturated heterocycles. The summed E-state index contributed by atoms with van der Waals surface area (Å²) in [5.41, 5.74) is 3.98. The molecule has 3 N–H and O–H groups in total. The van der Waals surface area contributed by atoms with Crippen LogP contribution in [0.25, 0.3) is 11.3 Å². The molecule has 30 heavy (non-hydrogen) atoms. The van der Waals surface area contributed by atoms with E-state index in [1.807, 2.05) is 72.1 Å². The smallest absolute Gasteiger partial charge is 0.176 e. The number of thiocarbonyl (C=S) groups is 1. The van der Waals surface area contributed by atoms with E-state index in [1.165, 1.54) is 11.3 Å². The minimum atomic E-state index is 0.387. The minimum absolute atomic E-state index is 0.387. The molecule has 0 fully saturated rings. The fraction of sp³-hybridized carbons (Fsp3) is 0. The van der Waals surface area contributed by atoms with Crippen molar-refractivity contribution in [1.29, 1.82) is 5.26 Å². The molecule has 8 heteroatoms. The van der Waals surface area contributed by atoms with Crippen LogP contribution in [0.5, 0.6) is 0 Å². The first-order valence-electron chi connectivity index (χ1n) is 9.04. The fourth-order valence-electron chi connectivity index (χ4n) is 2.75. The van der Waals surface area contributed by atoms with Gasteiger partial charge in [-0.05, 0) is 47.9 Å². The van der Waals surface area contributed by atoms with Gasteiger partial charge in [0.1, 0.15) is 11.1 Å². The Morgan fingerprint density at radius 2 is 1.63 bits per heavy atom. The van der Waals surface area contributed by atoms with Gasteiger partial charge in [-0.25, -0.2) is 0 Å². The molecule has 0 aliphatic heterocycles. The molecule has 0 spiro atoms. The summed E-state index contributed by atoms with van der Waals surface area (Å²) in [6, 6.07) is 25.2. The second-order valence-corrected chi connectivity index (χ2v) is 7.52. The van der Waals surface area contributed by atoms with E-state index in [0.29, 0.717) is 16.5 Å². The summed E-state index contributed by atoms with van der Waals surface area (Å²) in [4.78, 5) is 0. The van der Waals surface area contributed by atoms with Crippen LogP contribution in [0, 0.1) is 11.3 Å². The maximum absolute atomic E-state index is 9.21. The van der Waals surface area contributed by atoms with Crippen LogP contribution in [0.15, 0.2) is 78.2 Å². The van der Waals surface area contributed by atoms with Crippen LogP contribution in [0.2, 0.25) is 0 Å². The summed E-state index contributed by atoms with van der Waals surface area (Å²) in [6.45, 7) is 0. The van der Waals surface area contributed by atoms with Crippen LogP contribution in [0.1, 0.15) is 5.56 Å². The lowest BCUT2D eigenvalue weighted by Gasteiger charge is -2.14. The molecule has 0 bridgehead atoms. The summed E-state index contributed by atoms with van der Waals surface area (Å²) in [7, 11) is 0. The molecule has 146 valence electrons. The number of nitrogens with zero attached hydrogens (tertiary/aromatic N) is 3. The number of para-hydroxylation sites is 2. The lowest BCUT2D eigenvalue weighted by atomic mass is 10.1. The van der Waals surface area contributed by atoms with Crippen molar-refractivity contribution in [3.8, 4) is 17.3 Å². The number of anilines is 4. The zero-order chi connectivity index (χ0) is 20.8. The van der Waals surface area contributed by atoms with Gasteiger partial charge in [0.25, 0.3) is 0 Å². The molecule has 0 atom stereocenters. The molecule has 0 radical (unpaired) electrons. The third kappa shape index (κ3) is 4.60. The van der Waals surface area contributed by atoms with Gasteiger partial charge < -0.3 is 16.0 Å². The molecule has 6 nitrogen and oxygen atoms in total. The predicted molar refractivity (Wildman–Crippen MR) is 126 cm³/mol. The molecule has 0 aliphatic rings. The van der Waals surface area contributed by atoms with Gasteiger partial charge in [-0.1, -0.05) is 42.5 Å². The number of benzene rings is 2. The van der Waals surface area contributed by atoms with Crippen molar-refractivity contribution in [2.24, 2.45) is 0 Å². The molecule has 4 rings (SSSR count). The molecular weight excluding hydrogens is 412 g/mol. The SMILES string of the molecule is N#Cc1ccsc1Nc1ccccc1NC(=S)Nc1ccc(-c2ccccc2)nn1. The monoisotopic (exact) mass is 428 g/mol. The van der Waals surface area contributed by atoms with Crippen molar-refractivity contribution in [3.05, 3.63) is 83.7 Å². The second kappa shape index (κ2) is 9.13. The molecule has 2 aromatic heterocycles. The molecule has 0 amide bonds. The molecule has 0 saturated carbocycles. The Balaban J connectivity index is 1.44. The molecule has 0 aliphatic carbocycles. The highest BCUT2D eigenvalue weighted by molar-refractivity contribution is 7.80. The summed E-state index contributed by atoms with van der Waals surface area (Å²) in [6.07, 6.45) is 0. The lowest BCUT2D eigenvalue weighted by molar-refractivity contribution is 1.05. The Kier molecular flexibility index (Phi) is 5.94. The highest BCUT2D eigenvalue weighted by atomic mass is 32.1. The van der Waals surface area contributed by atoms with Gasteiger partial charge in [0.05, 0.1) is 22.6 Å². The quantitative estimate of drug-likeness (QED) is 0.355. The second-order valence-electron chi connectivity index (χ2n) is 6.19. The number of thiophene rings is 1. The number of rotatable bonds is 5. The Morgan fingerprint density at radius 3 is 2.37 bits per heavy atom. The molecule has 2 aromatic carbocycles. The highest BCUT2D eigenvalue weighted by Gasteiger charge is 2.09. The van der Waals surface area contributed by atoms with E-state index in [2.05, 4.69) is 32.2 Å². The van der Waals surface area contributed by atoms with Crippen molar-refractivity contribution < 1.29 is 0 Å². The molecule has 2 heterocycles. The van der Waals surface area contributed by atoms with Crippen molar-refractivity contribution in [2.75, 3.05) is 16.0 Å². The maximum Gasteiger partial charge on any atom is 0.176 e. The normalized spacial score (nSPS) is 10.1. The van der Waals surface area contributed by atoms with Crippen molar-refractivity contribution in [2.45, 2.75) is 0 Å². The standard InChI is InChI=1S/C22H16N6S2/c23-14-16-12-13-30-21(16)24-18-8-4-5-9-19(18)25-22(29)26-20-11-10-17(27-28-20)15-6-2-1-3-7-15/h1-13,24H,(H2,25,26,28,29). The van der Waals surface area contributed by atoms with E-state index in [1.54, 1.807) is 6.07 Å². The zero-order valence-corrected chi connectivity index (χ0v) is 17.3. The average Bonchev–Trinajstić information content (AvgIpc) is 3.23. The lowest BCUT2D eigenvalue weighted by Crippen LogP contribution is -2.20. The van der Waals surface area contributed by atoms with Gasteiger partial charge in [-0.3, -0.25) is 0 Å². The summed E-state index contributed by atoms with van der Waals surface area (Å²) in [5.74, 6) is 0.544. The molecule has 4 aromatic rings.